The van der Waals surface area contributed by atoms with Crippen LogP contribution < -0.4 is 14.8 Å². The Labute approximate surface area is 164 Å². The van der Waals surface area contributed by atoms with Gasteiger partial charge in [0.15, 0.2) is 11.5 Å². The van der Waals surface area contributed by atoms with Crippen LogP contribution in [0.3, 0.4) is 0 Å². The van der Waals surface area contributed by atoms with Crippen LogP contribution in [0.15, 0.2) is 42.5 Å². The largest absolute Gasteiger partial charge is 0.493 e. The quantitative estimate of drug-likeness (QED) is 0.715. The minimum Gasteiger partial charge on any atom is -0.493 e. The molecule has 1 unspecified atom stereocenters. The molecule has 4 rings (SSSR count). The summed E-state index contributed by atoms with van der Waals surface area (Å²) in [5.41, 5.74) is 3.15. The van der Waals surface area contributed by atoms with Crippen molar-refractivity contribution in [2.45, 2.75) is 26.3 Å². The average molecular weight is 379 g/mol. The molecule has 1 N–H and O–H groups in total. The molecule has 6 nitrogen and oxygen atoms in total. The lowest BCUT2D eigenvalue weighted by atomic mass is 9.95. The van der Waals surface area contributed by atoms with Crippen LogP contribution in [0.4, 0.5) is 0 Å². The van der Waals surface area contributed by atoms with Crippen molar-refractivity contribution in [3.05, 3.63) is 53.9 Å². The molecule has 0 radical (unpaired) electrons. The fourth-order valence-corrected chi connectivity index (χ4v) is 3.83. The zero-order chi connectivity index (χ0) is 19.5. The van der Waals surface area contributed by atoms with Crippen LogP contribution in [0, 0.1) is 5.92 Å². The zero-order valence-corrected chi connectivity index (χ0v) is 16.3. The molecule has 28 heavy (non-hydrogen) atoms. The number of hydrogen-bond donors (Lipinski definition) is 1. The van der Waals surface area contributed by atoms with Crippen LogP contribution in [0.1, 0.15) is 18.3 Å². The number of nitrogens with zero attached hydrogens (tertiary/aromatic N) is 2. The van der Waals surface area contributed by atoms with Crippen LogP contribution >= 0.6 is 0 Å². The maximum absolute atomic E-state index is 12.6. The van der Waals surface area contributed by atoms with E-state index < -0.39 is 0 Å². The molecule has 2 heterocycles. The summed E-state index contributed by atoms with van der Waals surface area (Å²) in [5, 5.41) is 3.05. The predicted octanol–water partition coefficient (Wildman–Crippen LogP) is 2.97. The molecule has 1 aliphatic heterocycles. The van der Waals surface area contributed by atoms with Crippen molar-refractivity contribution < 1.29 is 14.3 Å². The molecule has 0 saturated heterocycles. The first-order chi connectivity index (χ1) is 13.7. The van der Waals surface area contributed by atoms with Crippen molar-refractivity contribution in [2.75, 3.05) is 20.3 Å². The van der Waals surface area contributed by atoms with Gasteiger partial charge in [0.1, 0.15) is 12.4 Å². The molecule has 2 aromatic carbocycles. The number of fused-ring (bicyclic) bond motifs is 2. The van der Waals surface area contributed by atoms with Crippen molar-refractivity contribution in [3.63, 3.8) is 0 Å². The molecule has 1 aliphatic rings. The fourth-order valence-electron chi connectivity index (χ4n) is 3.83. The lowest BCUT2D eigenvalue weighted by Gasteiger charge is -2.25. The molecule has 0 saturated carbocycles. The number of rotatable bonds is 6. The van der Waals surface area contributed by atoms with Crippen LogP contribution in [-0.2, 0) is 24.2 Å². The maximum Gasteiger partial charge on any atom is 0.226 e. The van der Waals surface area contributed by atoms with E-state index in [0.29, 0.717) is 26.0 Å². The molecular weight excluding hydrogens is 354 g/mol. The van der Waals surface area contributed by atoms with Crippen LogP contribution in [0.5, 0.6) is 11.5 Å². The Morgan fingerprint density at radius 3 is 2.96 bits per heavy atom. The fraction of sp³-hybridized carbons (Fsp3) is 0.364. The summed E-state index contributed by atoms with van der Waals surface area (Å²) in [6.45, 7) is 3.90. The molecule has 1 amide bonds. The molecule has 0 bridgehead atoms. The Morgan fingerprint density at radius 1 is 1.29 bits per heavy atom. The first-order valence-electron chi connectivity index (χ1n) is 9.71. The molecule has 0 aliphatic carbocycles. The van der Waals surface area contributed by atoms with E-state index in [9.17, 15) is 4.79 Å². The zero-order valence-electron chi connectivity index (χ0n) is 16.3. The average Bonchev–Trinajstić information content (AvgIpc) is 3.10. The summed E-state index contributed by atoms with van der Waals surface area (Å²) in [6, 6.07) is 13.9. The van der Waals surface area contributed by atoms with Gasteiger partial charge in [-0.2, -0.15) is 0 Å². The summed E-state index contributed by atoms with van der Waals surface area (Å²) in [7, 11) is 1.63. The molecule has 1 aromatic heterocycles. The number of carbonyl (C=O) groups is 1. The predicted molar refractivity (Wildman–Crippen MR) is 108 cm³/mol. The summed E-state index contributed by atoms with van der Waals surface area (Å²) in [6.07, 6.45) is 1.36. The van der Waals surface area contributed by atoms with Crippen LogP contribution in [0.2, 0.25) is 0 Å². The standard InChI is InChI=1S/C22H25N3O3/c1-3-25-18-9-5-4-8-17(18)24-20(25)11-12-23-22(26)16-13-15-7-6-10-19(27-2)21(15)28-14-16/h4-10,16H,3,11-14H2,1-2H3,(H,23,26). The number of aryl methyl sites for hydroxylation is 1. The maximum atomic E-state index is 12.6. The van der Waals surface area contributed by atoms with E-state index >= 15 is 0 Å². The SMILES string of the molecule is CCn1c(CCNC(=O)C2COc3c(cccc3OC)C2)nc2ccccc21. The van der Waals surface area contributed by atoms with Gasteiger partial charge in [0.2, 0.25) is 5.91 Å². The number of hydrogen-bond acceptors (Lipinski definition) is 4. The Bertz CT molecular complexity index is 996. The summed E-state index contributed by atoms with van der Waals surface area (Å²) < 4.78 is 13.4. The highest BCUT2D eigenvalue weighted by molar-refractivity contribution is 5.80. The molecule has 0 fully saturated rings. The van der Waals surface area contributed by atoms with Gasteiger partial charge in [-0.1, -0.05) is 24.3 Å². The van der Waals surface area contributed by atoms with Crippen molar-refractivity contribution in [1.29, 1.82) is 0 Å². The minimum absolute atomic E-state index is 0.0210. The van der Waals surface area contributed by atoms with Gasteiger partial charge in [-0.25, -0.2) is 4.98 Å². The third-order valence-corrected chi connectivity index (χ3v) is 5.24. The van der Waals surface area contributed by atoms with Crippen molar-refractivity contribution in [2.24, 2.45) is 5.92 Å². The number of methoxy groups -OCH3 is 1. The van der Waals surface area contributed by atoms with Gasteiger partial charge < -0.3 is 19.4 Å². The Hall–Kier alpha value is -3.02. The number of ether oxygens (including phenoxy) is 2. The van der Waals surface area contributed by atoms with Gasteiger partial charge >= 0.3 is 0 Å². The van der Waals surface area contributed by atoms with Crippen LogP contribution in [0.25, 0.3) is 11.0 Å². The first kappa shape index (κ1) is 18.3. The van der Waals surface area contributed by atoms with Gasteiger partial charge in [-0.05, 0) is 37.1 Å². The number of nitrogens with one attached hydrogen (secondary N) is 1. The highest BCUT2D eigenvalue weighted by atomic mass is 16.5. The molecule has 6 heteroatoms. The highest BCUT2D eigenvalue weighted by Crippen LogP contribution is 2.36. The molecule has 0 spiro atoms. The van der Waals surface area contributed by atoms with Crippen molar-refractivity contribution >= 4 is 16.9 Å². The van der Waals surface area contributed by atoms with Gasteiger partial charge in [-0.3, -0.25) is 4.79 Å². The highest BCUT2D eigenvalue weighted by Gasteiger charge is 2.27. The smallest absolute Gasteiger partial charge is 0.226 e. The van der Waals surface area contributed by atoms with Gasteiger partial charge in [0.25, 0.3) is 0 Å². The third-order valence-electron chi connectivity index (χ3n) is 5.24. The number of imidazole rings is 1. The normalized spacial score (nSPS) is 15.7. The summed E-state index contributed by atoms with van der Waals surface area (Å²) in [5.74, 6) is 2.30. The van der Waals surface area contributed by atoms with Crippen molar-refractivity contribution in [1.82, 2.24) is 14.9 Å². The summed E-state index contributed by atoms with van der Waals surface area (Å²) >= 11 is 0. The summed E-state index contributed by atoms with van der Waals surface area (Å²) in [4.78, 5) is 17.3. The van der Waals surface area contributed by atoms with E-state index in [2.05, 4.69) is 22.9 Å². The second kappa shape index (κ2) is 7.92. The second-order valence-electron chi connectivity index (χ2n) is 6.96. The van der Waals surface area contributed by atoms with Gasteiger partial charge in [0, 0.05) is 19.5 Å². The van der Waals surface area contributed by atoms with Crippen molar-refractivity contribution in [3.8, 4) is 11.5 Å². The van der Waals surface area contributed by atoms with E-state index in [-0.39, 0.29) is 11.8 Å². The Kier molecular flexibility index (Phi) is 5.19. The Morgan fingerprint density at radius 2 is 2.14 bits per heavy atom. The lowest BCUT2D eigenvalue weighted by Crippen LogP contribution is -2.38. The molecule has 3 aromatic rings. The molecule has 1 atom stereocenters. The van der Waals surface area contributed by atoms with Gasteiger partial charge in [-0.15, -0.1) is 0 Å². The minimum atomic E-state index is -0.190. The van der Waals surface area contributed by atoms with E-state index in [4.69, 9.17) is 14.5 Å². The lowest BCUT2D eigenvalue weighted by molar-refractivity contribution is -0.126. The Balaban J connectivity index is 1.38. The molecule has 146 valence electrons. The molecular formula is C22H25N3O3. The third kappa shape index (κ3) is 3.42. The van der Waals surface area contributed by atoms with Crippen LogP contribution in [-0.4, -0.2) is 35.7 Å². The number of aromatic nitrogens is 2. The first-order valence-corrected chi connectivity index (χ1v) is 9.71. The van der Waals surface area contributed by atoms with E-state index in [1.54, 1.807) is 7.11 Å². The van der Waals surface area contributed by atoms with E-state index in [1.807, 2.05) is 36.4 Å². The van der Waals surface area contributed by atoms with Gasteiger partial charge in [0.05, 0.1) is 24.1 Å². The topological polar surface area (TPSA) is 65.4 Å². The van der Waals surface area contributed by atoms with E-state index in [0.717, 1.165) is 40.5 Å². The van der Waals surface area contributed by atoms with E-state index in [1.165, 1.54) is 0 Å². The number of amides is 1. The number of para-hydroxylation sites is 3. The second-order valence-corrected chi connectivity index (χ2v) is 6.96. The number of benzene rings is 2. The number of carbonyl (C=O) groups excluding carboxylic acids is 1. The monoisotopic (exact) mass is 379 g/mol.